The summed E-state index contributed by atoms with van der Waals surface area (Å²) in [6.07, 6.45) is 0.920. The van der Waals surface area contributed by atoms with E-state index in [2.05, 4.69) is 9.98 Å². The van der Waals surface area contributed by atoms with Crippen LogP contribution in [0.15, 0.2) is 23.3 Å². The van der Waals surface area contributed by atoms with Crippen LogP contribution in [0.2, 0.25) is 5.15 Å². The number of halogens is 1. The molecule has 96 valence electrons. The fourth-order valence-corrected chi connectivity index (χ4v) is 2.61. The molecule has 0 bridgehead atoms. The number of aliphatic hydroxyl groups is 1. The fourth-order valence-electron chi connectivity index (χ4n) is 1.51. The SMILES string of the molecule is NC(=O)/N=C1\SCC(O)N1Cc1ccc(Cl)nc1. The third-order valence-corrected chi connectivity index (χ3v) is 3.59. The molecule has 0 spiro atoms. The van der Waals surface area contributed by atoms with Gasteiger partial charge in [0.15, 0.2) is 5.17 Å². The Morgan fingerprint density at radius 1 is 1.72 bits per heavy atom. The highest BCUT2D eigenvalue weighted by Crippen LogP contribution is 2.24. The topological polar surface area (TPSA) is 91.8 Å². The van der Waals surface area contributed by atoms with Crippen LogP contribution in [0.1, 0.15) is 5.56 Å². The standard InChI is InChI=1S/C10H11ClN4O2S/c11-7-2-1-6(3-13-7)4-15-8(16)5-18-10(15)14-9(12)17/h1-3,8,16H,4-5H2,(H2,12,17)/b14-10-. The molecule has 18 heavy (non-hydrogen) atoms. The highest BCUT2D eigenvalue weighted by atomic mass is 35.5. The first-order valence-electron chi connectivity index (χ1n) is 5.12. The number of aliphatic imine (C=N–C) groups is 1. The number of carbonyl (C=O) groups is 1. The van der Waals surface area contributed by atoms with E-state index in [1.807, 2.05) is 0 Å². The number of hydrogen-bond acceptors (Lipinski definition) is 4. The van der Waals surface area contributed by atoms with Crippen molar-refractivity contribution in [3.63, 3.8) is 0 Å². The first-order valence-corrected chi connectivity index (χ1v) is 6.48. The largest absolute Gasteiger partial charge is 0.373 e. The summed E-state index contributed by atoms with van der Waals surface area (Å²) in [5.41, 5.74) is 5.87. The molecule has 1 aliphatic heterocycles. The second kappa shape index (κ2) is 5.55. The molecule has 1 aromatic rings. The normalized spacial score (nSPS) is 21.6. The van der Waals surface area contributed by atoms with Crippen molar-refractivity contribution in [1.29, 1.82) is 0 Å². The molecule has 0 saturated carbocycles. The van der Waals surface area contributed by atoms with Crippen LogP contribution in [0, 0.1) is 0 Å². The van der Waals surface area contributed by atoms with Crippen LogP contribution in [0.3, 0.4) is 0 Å². The van der Waals surface area contributed by atoms with Crippen molar-refractivity contribution in [2.75, 3.05) is 5.75 Å². The Labute approximate surface area is 113 Å². The van der Waals surface area contributed by atoms with Gasteiger partial charge in [0.2, 0.25) is 0 Å². The van der Waals surface area contributed by atoms with Crippen LogP contribution in [0.25, 0.3) is 0 Å². The van der Waals surface area contributed by atoms with Crippen LogP contribution in [-0.4, -0.2) is 38.2 Å². The Hall–Kier alpha value is -1.31. The van der Waals surface area contributed by atoms with Crippen LogP contribution >= 0.6 is 23.4 Å². The van der Waals surface area contributed by atoms with E-state index >= 15 is 0 Å². The summed E-state index contributed by atoms with van der Waals surface area (Å²) < 4.78 is 0. The van der Waals surface area contributed by atoms with E-state index in [1.165, 1.54) is 11.8 Å². The zero-order valence-corrected chi connectivity index (χ0v) is 10.9. The van der Waals surface area contributed by atoms with Crippen molar-refractivity contribution in [2.24, 2.45) is 10.7 Å². The number of carbonyl (C=O) groups excluding carboxylic acids is 1. The molecule has 0 radical (unpaired) electrons. The van der Waals surface area contributed by atoms with Gasteiger partial charge in [-0.25, -0.2) is 9.78 Å². The van der Waals surface area contributed by atoms with E-state index in [4.69, 9.17) is 17.3 Å². The quantitative estimate of drug-likeness (QED) is 0.793. The molecule has 1 saturated heterocycles. The van der Waals surface area contributed by atoms with Gasteiger partial charge in [-0.2, -0.15) is 4.99 Å². The number of pyridine rings is 1. The Balaban J connectivity index is 2.15. The third kappa shape index (κ3) is 3.12. The second-order valence-corrected chi connectivity index (χ2v) is 5.02. The van der Waals surface area contributed by atoms with Crippen LogP contribution in [-0.2, 0) is 6.54 Å². The highest BCUT2D eigenvalue weighted by molar-refractivity contribution is 8.14. The van der Waals surface area contributed by atoms with Crippen LogP contribution < -0.4 is 5.73 Å². The maximum atomic E-state index is 10.8. The molecule has 8 heteroatoms. The summed E-state index contributed by atoms with van der Waals surface area (Å²) in [6, 6.07) is 2.69. The van der Waals surface area contributed by atoms with Gasteiger partial charge < -0.3 is 15.7 Å². The molecule has 0 aromatic carbocycles. The number of aromatic nitrogens is 1. The number of thioether (sulfide) groups is 1. The Bertz CT molecular complexity index is 479. The fraction of sp³-hybridized carbons (Fsp3) is 0.300. The molecule has 2 heterocycles. The first-order chi connectivity index (χ1) is 8.56. The molecule has 2 rings (SSSR count). The summed E-state index contributed by atoms with van der Waals surface area (Å²) in [4.78, 5) is 20.0. The van der Waals surface area contributed by atoms with Crippen molar-refractivity contribution in [2.45, 2.75) is 12.8 Å². The van der Waals surface area contributed by atoms with E-state index < -0.39 is 12.3 Å². The lowest BCUT2D eigenvalue weighted by molar-refractivity contribution is 0.0778. The summed E-state index contributed by atoms with van der Waals surface area (Å²) in [5, 5.41) is 10.6. The zero-order chi connectivity index (χ0) is 13.1. The maximum Gasteiger partial charge on any atom is 0.340 e. The maximum absolute atomic E-state index is 10.8. The van der Waals surface area contributed by atoms with Crippen molar-refractivity contribution < 1.29 is 9.90 Å². The van der Waals surface area contributed by atoms with Gasteiger partial charge in [0.05, 0.1) is 0 Å². The zero-order valence-electron chi connectivity index (χ0n) is 9.28. The number of nitrogens with two attached hydrogens (primary N) is 1. The Morgan fingerprint density at radius 3 is 3.11 bits per heavy atom. The smallest absolute Gasteiger partial charge is 0.340 e. The molecule has 0 aliphatic carbocycles. The molecule has 1 aliphatic rings. The Morgan fingerprint density at radius 2 is 2.50 bits per heavy atom. The minimum atomic E-state index is -0.772. The number of rotatable bonds is 2. The number of urea groups is 1. The van der Waals surface area contributed by atoms with E-state index in [-0.39, 0.29) is 0 Å². The van der Waals surface area contributed by atoms with Gasteiger partial charge in [0, 0.05) is 18.5 Å². The number of nitrogens with zero attached hydrogens (tertiary/aromatic N) is 3. The lowest BCUT2D eigenvalue weighted by Gasteiger charge is -2.21. The molecule has 1 unspecified atom stereocenters. The van der Waals surface area contributed by atoms with Crippen molar-refractivity contribution in [1.82, 2.24) is 9.88 Å². The molecular formula is C10H11ClN4O2S. The highest BCUT2D eigenvalue weighted by Gasteiger charge is 2.29. The van der Waals surface area contributed by atoms with Crippen molar-refractivity contribution in [3.05, 3.63) is 29.0 Å². The summed E-state index contributed by atoms with van der Waals surface area (Å²) >= 11 is 6.98. The summed E-state index contributed by atoms with van der Waals surface area (Å²) in [5.74, 6) is 0.452. The first kappa shape index (κ1) is 13.1. The number of primary amides is 1. The summed E-state index contributed by atoms with van der Waals surface area (Å²) in [7, 11) is 0. The van der Waals surface area contributed by atoms with E-state index in [0.717, 1.165) is 5.56 Å². The minimum absolute atomic E-state index is 0.393. The lowest BCUT2D eigenvalue weighted by Crippen LogP contribution is -2.33. The number of amidine groups is 1. The van der Waals surface area contributed by atoms with Gasteiger partial charge in [-0.3, -0.25) is 0 Å². The van der Waals surface area contributed by atoms with Gasteiger partial charge in [0.1, 0.15) is 11.4 Å². The molecule has 1 fully saturated rings. The predicted octanol–water partition coefficient (Wildman–Crippen LogP) is 1.04. The van der Waals surface area contributed by atoms with Crippen molar-refractivity contribution >= 4 is 34.6 Å². The molecule has 3 N–H and O–H groups in total. The Kier molecular flexibility index (Phi) is 4.05. The van der Waals surface area contributed by atoms with Gasteiger partial charge in [0.25, 0.3) is 0 Å². The molecule has 2 amide bonds. The molecule has 1 atom stereocenters. The van der Waals surface area contributed by atoms with Crippen molar-refractivity contribution in [3.8, 4) is 0 Å². The molecule has 1 aromatic heterocycles. The average molecular weight is 287 g/mol. The van der Waals surface area contributed by atoms with E-state index in [1.54, 1.807) is 23.2 Å². The minimum Gasteiger partial charge on any atom is -0.373 e. The van der Waals surface area contributed by atoms with Gasteiger partial charge >= 0.3 is 6.03 Å². The number of amides is 2. The monoisotopic (exact) mass is 286 g/mol. The number of hydrogen-bond donors (Lipinski definition) is 2. The van der Waals surface area contributed by atoms with Crippen LogP contribution in [0.4, 0.5) is 4.79 Å². The predicted molar refractivity (Wildman–Crippen MR) is 70.3 cm³/mol. The third-order valence-electron chi connectivity index (χ3n) is 2.31. The summed E-state index contributed by atoms with van der Waals surface area (Å²) in [6.45, 7) is 0.393. The van der Waals surface area contributed by atoms with E-state index in [9.17, 15) is 9.90 Å². The van der Waals surface area contributed by atoms with E-state index in [0.29, 0.717) is 22.6 Å². The molecule has 6 nitrogen and oxygen atoms in total. The second-order valence-electron chi connectivity index (χ2n) is 3.64. The lowest BCUT2D eigenvalue weighted by atomic mass is 10.2. The van der Waals surface area contributed by atoms with Gasteiger partial charge in [-0.05, 0) is 11.6 Å². The molecular weight excluding hydrogens is 276 g/mol. The van der Waals surface area contributed by atoms with Gasteiger partial charge in [-0.15, -0.1) is 0 Å². The number of aliphatic hydroxyl groups excluding tert-OH is 1. The van der Waals surface area contributed by atoms with Crippen LogP contribution in [0.5, 0.6) is 0 Å². The van der Waals surface area contributed by atoms with Gasteiger partial charge in [-0.1, -0.05) is 29.4 Å². The average Bonchev–Trinajstić information content (AvgIpc) is 2.64.